The van der Waals surface area contributed by atoms with Crippen molar-refractivity contribution in [2.75, 3.05) is 0 Å². The lowest BCUT2D eigenvalue weighted by molar-refractivity contribution is 0.642. The fraction of sp³-hybridized carbons (Fsp3) is 0.364. The van der Waals surface area contributed by atoms with Crippen molar-refractivity contribution in [3.05, 3.63) is 28.0 Å². The van der Waals surface area contributed by atoms with Crippen molar-refractivity contribution in [3.63, 3.8) is 0 Å². The Balaban J connectivity index is 2.10. The number of nitrogens with zero attached hydrogens (tertiary/aromatic N) is 2. The molecular formula is C11H10BrClN2. The molecule has 1 aromatic heterocycles. The lowest BCUT2D eigenvalue weighted by Gasteiger charge is -2.03. The molecule has 78 valence electrons. The molecule has 1 heterocycles. The van der Waals surface area contributed by atoms with Crippen LogP contribution in [0.5, 0.6) is 0 Å². The van der Waals surface area contributed by atoms with Crippen molar-refractivity contribution in [2.24, 2.45) is 5.92 Å². The zero-order valence-corrected chi connectivity index (χ0v) is 10.4. The van der Waals surface area contributed by atoms with E-state index in [4.69, 9.17) is 11.6 Å². The van der Waals surface area contributed by atoms with E-state index in [-0.39, 0.29) is 0 Å². The minimum Gasteiger partial charge on any atom is -0.330 e. The molecule has 0 radical (unpaired) electrons. The molecule has 2 nitrogen and oxygen atoms in total. The topological polar surface area (TPSA) is 17.8 Å². The van der Waals surface area contributed by atoms with E-state index in [9.17, 15) is 0 Å². The molecule has 0 unspecified atom stereocenters. The summed E-state index contributed by atoms with van der Waals surface area (Å²) in [6.45, 7) is 1.09. The largest absolute Gasteiger partial charge is 0.330 e. The Morgan fingerprint density at radius 3 is 3.00 bits per heavy atom. The predicted molar refractivity (Wildman–Crippen MR) is 65.2 cm³/mol. The normalized spacial score (nSPS) is 16.1. The van der Waals surface area contributed by atoms with Crippen LogP contribution < -0.4 is 0 Å². The van der Waals surface area contributed by atoms with Crippen LogP contribution >= 0.6 is 27.5 Å². The molecular weight excluding hydrogens is 275 g/mol. The van der Waals surface area contributed by atoms with Crippen LogP contribution in [0, 0.1) is 5.92 Å². The molecule has 1 saturated carbocycles. The highest BCUT2D eigenvalue weighted by molar-refractivity contribution is 9.10. The van der Waals surface area contributed by atoms with Crippen molar-refractivity contribution in [1.29, 1.82) is 0 Å². The van der Waals surface area contributed by atoms with Gasteiger partial charge in [-0.3, -0.25) is 0 Å². The Kier molecular flexibility index (Phi) is 2.25. The van der Waals surface area contributed by atoms with Gasteiger partial charge in [-0.05, 0) is 46.8 Å². The van der Waals surface area contributed by atoms with Gasteiger partial charge in [-0.1, -0.05) is 11.6 Å². The van der Waals surface area contributed by atoms with Gasteiger partial charge in [0.05, 0.1) is 22.4 Å². The summed E-state index contributed by atoms with van der Waals surface area (Å²) in [7, 11) is 0. The molecule has 0 saturated heterocycles. The van der Waals surface area contributed by atoms with E-state index in [1.165, 1.54) is 12.8 Å². The first-order valence-electron chi connectivity index (χ1n) is 5.04. The molecule has 0 N–H and O–H groups in total. The van der Waals surface area contributed by atoms with E-state index < -0.39 is 0 Å². The van der Waals surface area contributed by atoms with E-state index in [1.807, 2.05) is 18.5 Å². The Morgan fingerprint density at radius 1 is 1.47 bits per heavy atom. The molecule has 3 rings (SSSR count). The summed E-state index contributed by atoms with van der Waals surface area (Å²) >= 11 is 9.46. The zero-order valence-electron chi connectivity index (χ0n) is 8.08. The van der Waals surface area contributed by atoms with Gasteiger partial charge < -0.3 is 4.57 Å². The number of hydrogen-bond acceptors (Lipinski definition) is 1. The van der Waals surface area contributed by atoms with E-state index in [2.05, 4.69) is 25.5 Å². The standard InChI is InChI=1S/C11H10BrClN2/c12-8-3-11-10(4-9(8)13)14-6-15(11)5-7-1-2-7/h3-4,6-7H,1-2,5H2. The fourth-order valence-corrected chi connectivity index (χ4v) is 2.27. The number of aromatic nitrogens is 2. The van der Waals surface area contributed by atoms with Crippen LogP contribution in [0.4, 0.5) is 0 Å². The summed E-state index contributed by atoms with van der Waals surface area (Å²) in [6.07, 6.45) is 4.62. The number of imidazole rings is 1. The summed E-state index contributed by atoms with van der Waals surface area (Å²) in [5.74, 6) is 0.858. The van der Waals surface area contributed by atoms with Gasteiger partial charge in [0.25, 0.3) is 0 Å². The maximum atomic E-state index is 6.02. The Bertz CT molecular complexity index is 517. The van der Waals surface area contributed by atoms with Gasteiger partial charge in [0.15, 0.2) is 0 Å². The first kappa shape index (κ1) is 9.67. The molecule has 1 aliphatic carbocycles. The third-order valence-corrected chi connectivity index (χ3v) is 4.01. The molecule has 0 aliphatic heterocycles. The average Bonchev–Trinajstić information content (AvgIpc) is 2.94. The van der Waals surface area contributed by atoms with Gasteiger partial charge in [-0.15, -0.1) is 0 Å². The molecule has 2 aromatic rings. The third kappa shape index (κ3) is 1.79. The minimum atomic E-state index is 0.721. The summed E-state index contributed by atoms with van der Waals surface area (Å²) in [5, 5.41) is 0.721. The van der Waals surface area contributed by atoms with Gasteiger partial charge in [-0.2, -0.15) is 0 Å². The second-order valence-corrected chi connectivity index (χ2v) is 5.36. The maximum absolute atomic E-state index is 6.02. The minimum absolute atomic E-state index is 0.721. The molecule has 1 aliphatic rings. The van der Waals surface area contributed by atoms with Crippen molar-refractivity contribution in [1.82, 2.24) is 9.55 Å². The Labute approximate surface area is 101 Å². The number of fused-ring (bicyclic) bond motifs is 1. The van der Waals surface area contributed by atoms with Crippen molar-refractivity contribution in [3.8, 4) is 0 Å². The Morgan fingerprint density at radius 2 is 2.27 bits per heavy atom. The molecule has 1 aromatic carbocycles. The molecule has 15 heavy (non-hydrogen) atoms. The predicted octanol–water partition coefficient (Wildman–Crippen LogP) is 3.86. The quantitative estimate of drug-likeness (QED) is 0.819. The maximum Gasteiger partial charge on any atom is 0.0958 e. The number of benzene rings is 1. The van der Waals surface area contributed by atoms with Crippen LogP contribution in [0.15, 0.2) is 22.9 Å². The van der Waals surface area contributed by atoms with Crippen molar-refractivity contribution < 1.29 is 0 Å². The van der Waals surface area contributed by atoms with Crippen LogP contribution in [-0.2, 0) is 6.54 Å². The highest BCUT2D eigenvalue weighted by Gasteiger charge is 2.22. The lowest BCUT2D eigenvalue weighted by Crippen LogP contribution is -1.97. The van der Waals surface area contributed by atoms with Crippen molar-refractivity contribution in [2.45, 2.75) is 19.4 Å². The molecule has 4 heteroatoms. The number of halogens is 2. The highest BCUT2D eigenvalue weighted by Crippen LogP contribution is 2.33. The highest BCUT2D eigenvalue weighted by atomic mass is 79.9. The SMILES string of the molecule is Clc1cc2ncn(CC3CC3)c2cc1Br. The zero-order chi connectivity index (χ0) is 10.4. The van der Waals surface area contributed by atoms with Gasteiger partial charge in [0.2, 0.25) is 0 Å². The smallest absolute Gasteiger partial charge is 0.0958 e. The van der Waals surface area contributed by atoms with E-state index in [0.29, 0.717) is 0 Å². The van der Waals surface area contributed by atoms with Gasteiger partial charge in [-0.25, -0.2) is 4.98 Å². The first-order valence-corrected chi connectivity index (χ1v) is 6.21. The molecule has 0 atom stereocenters. The molecule has 0 amide bonds. The summed E-state index contributed by atoms with van der Waals surface area (Å²) < 4.78 is 3.16. The van der Waals surface area contributed by atoms with E-state index in [1.54, 1.807) is 0 Å². The van der Waals surface area contributed by atoms with Crippen molar-refractivity contribution >= 4 is 38.6 Å². The van der Waals surface area contributed by atoms with Crippen LogP contribution in [0.3, 0.4) is 0 Å². The second-order valence-electron chi connectivity index (χ2n) is 4.10. The lowest BCUT2D eigenvalue weighted by atomic mass is 10.3. The first-order chi connectivity index (χ1) is 7.24. The Hall–Kier alpha value is -0.540. The third-order valence-electron chi connectivity index (χ3n) is 2.81. The number of hydrogen-bond donors (Lipinski definition) is 0. The molecule has 0 spiro atoms. The summed E-state index contributed by atoms with van der Waals surface area (Å²) in [4.78, 5) is 4.36. The average molecular weight is 286 g/mol. The van der Waals surface area contributed by atoms with Crippen LogP contribution in [0.2, 0.25) is 5.02 Å². The second kappa shape index (κ2) is 3.49. The van der Waals surface area contributed by atoms with Gasteiger partial charge in [0, 0.05) is 11.0 Å². The van der Waals surface area contributed by atoms with E-state index in [0.717, 1.165) is 33.0 Å². The monoisotopic (exact) mass is 284 g/mol. The van der Waals surface area contributed by atoms with E-state index >= 15 is 0 Å². The van der Waals surface area contributed by atoms with Crippen LogP contribution in [-0.4, -0.2) is 9.55 Å². The van der Waals surface area contributed by atoms with Gasteiger partial charge >= 0.3 is 0 Å². The molecule has 1 fully saturated rings. The summed E-state index contributed by atoms with van der Waals surface area (Å²) in [5.41, 5.74) is 2.14. The van der Waals surface area contributed by atoms with Crippen LogP contribution in [0.1, 0.15) is 12.8 Å². The van der Waals surface area contributed by atoms with Crippen LogP contribution in [0.25, 0.3) is 11.0 Å². The molecule has 0 bridgehead atoms. The number of rotatable bonds is 2. The summed E-state index contributed by atoms with van der Waals surface area (Å²) in [6, 6.07) is 3.96. The van der Waals surface area contributed by atoms with Gasteiger partial charge in [0.1, 0.15) is 0 Å². The fourth-order valence-electron chi connectivity index (χ4n) is 1.78.